The van der Waals surface area contributed by atoms with Crippen LogP contribution in [0.15, 0.2) is 23.0 Å². The zero-order valence-electron chi connectivity index (χ0n) is 17.5. The highest BCUT2D eigenvalue weighted by Crippen LogP contribution is 2.32. The second-order valence-electron chi connectivity index (χ2n) is 8.45. The summed E-state index contributed by atoms with van der Waals surface area (Å²) < 4.78 is 1.62. The number of hydrogen-bond acceptors (Lipinski definition) is 6. The van der Waals surface area contributed by atoms with Crippen LogP contribution in [0.25, 0.3) is 11.0 Å². The van der Waals surface area contributed by atoms with E-state index in [-0.39, 0.29) is 11.0 Å². The Labute approximate surface area is 170 Å². The lowest BCUT2D eigenvalue weighted by atomic mass is 9.81. The quantitative estimate of drug-likeness (QED) is 0.627. The Morgan fingerprint density at radius 2 is 2.00 bits per heavy atom. The lowest BCUT2D eigenvalue weighted by Crippen LogP contribution is -2.44. The molecule has 1 aliphatic rings. The molecular formula is C21H29N7O. The standard InChI is InChI=1S/C21H29N7O/c1-13-6-5-7-15(14(13)2)23-17-16-18(26-25-17)24-20(27(4)19(16)29)28-10-8-21(3,12-22)9-11-28/h5-7H,8-12,22H2,1-4H3,(H2,23,25,26). The van der Waals surface area contributed by atoms with Gasteiger partial charge in [0, 0.05) is 25.8 Å². The van der Waals surface area contributed by atoms with Crippen LogP contribution in [0, 0.1) is 19.3 Å². The van der Waals surface area contributed by atoms with Gasteiger partial charge in [0.15, 0.2) is 5.65 Å². The van der Waals surface area contributed by atoms with E-state index >= 15 is 0 Å². The van der Waals surface area contributed by atoms with Gasteiger partial charge in [-0.3, -0.25) is 14.5 Å². The maximum atomic E-state index is 13.2. The van der Waals surface area contributed by atoms with E-state index in [1.165, 1.54) is 5.56 Å². The summed E-state index contributed by atoms with van der Waals surface area (Å²) in [6.45, 7) is 8.68. The monoisotopic (exact) mass is 395 g/mol. The lowest BCUT2D eigenvalue weighted by molar-refractivity contribution is 0.256. The first-order valence-electron chi connectivity index (χ1n) is 10.1. The Bertz CT molecular complexity index is 1110. The lowest BCUT2D eigenvalue weighted by Gasteiger charge is -2.39. The summed E-state index contributed by atoms with van der Waals surface area (Å²) in [6.07, 6.45) is 1.97. The highest BCUT2D eigenvalue weighted by Gasteiger charge is 2.30. The second kappa shape index (κ2) is 7.18. The number of benzene rings is 1. The van der Waals surface area contributed by atoms with E-state index in [2.05, 4.69) is 47.3 Å². The molecular weight excluding hydrogens is 366 g/mol. The molecule has 4 N–H and O–H groups in total. The Morgan fingerprint density at radius 3 is 2.69 bits per heavy atom. The molecule has 2 aromatic heterocycles. The van der Waals surface area contributed by atoms with Gasteiger partial charge < -0.3 is 16.0 Å². The first-order chi connectivity index (χ1) is 13.8. The number of H-pyrrole nitrogens is 1. The fraction of sp³-hybridized carbons (Fsp3) is 0.476. The predicted molar refractivity (Wildman–Crippen MR) is 117 cm³/mol. The van der Waals surface area contributed by atoms with Gasteiger partial charge in [-0.15, -0.1) is 0 Å². The third-order valence-corrected chi connectivity index (χ3v) is 6.38. The Hall–Kier alpha value is -2.87. The first-order valence-corrected chi connectivity index (χ1v) is 10.1. The highest BCUT2D eigenvalue weighted by atomic mass is 16.1. The van der Waals surface area contributed by atoms with Gasteiger partial charge in [0.25, 0.3) is 5.56 Å². The molecule has 8 heteroatoms. The van der Waals surface area contributed by atoms with Gasteiger partial charge in [-0.1, -0.05) is 19.1 Å². The Kier molecular flexibility index (Phi) is 4.82. The number of aryl methyl sites for hydroxylation is 1. The molecule has 0 unspecified atom stereocenters. The molecule has 0 radical (unpaired) electrons. The van der Waals surface area contributed by atoms with E-state index in [1.54, 1.807) is 11.6 Å². The first kappa shape index (κ1) is 19.4. The van der Waals surface area contributed by atoms with Crippen molar-refractivity contribution in [3.05, 3.63) is 39.7 Å². The summed E-state index contributed by atoms with van der Waals surface area (Å²) in [5.41, 5.74) is 9.67. The van der Waals surface area contributed by atoms with Gasteiger partial charge in [-0.25, -0.2) is 0 Å². The van der Waals surface area contributed by atoms with Crippen molar-refractivity contribution in [1.29, 1.82) is 0 Å². The van der Waals surface area contributed by atoms with Crippen molar-refractivity contribution >= 4 is 28.5 Å². The summed E-state index contributed by atoms with van der Waals surface area (Å²) in [5.74, 6) is 1.23. The van der Waals surface area contributed by atoms with Crippen LogP contribution >= 0.6 is 0 Å². The topological polar surface area (TPSA) is 105 Å². The molecule has 29 heavy (non-hydrogen) atoms. The van der Waals surface area contributed by atoms with Crippen molar-refractivity contribution in [1.82, 2.24) is 19.7 Å². The summed E-state index contributed by atoms with van der Waals surface area (Å²) >= 11 is 0. The molecule has 154 valence electrons. The van der Waals surface area contributed by atoms with E-state index in [4.69, 9.17) is 10.7 Å². The van der Waals surface area contributed by atoms with E-state index in [0.29, 0.717) is 29.3 Å². The van der Waals surface area contributed by atoms with Crippen LogP contribution in [-0.4, -0.2) is 39.4 Å². The average Bonchev–Trinajstić information content (AvgIpc) is 3.12. The molecule has 0 saturated carbocycles. The van der Waals surface area contributed by atoms with E-state index < -0.39 is 0 Å². The molecule has 4 rings (SSSR count). The molecule has 0 bridgehead atoms. The van der Waals surface area contributed by atoms with Gasteiger partial charge in [-0.2, -0.15) is 10.1 Å². The predicted octanol–water partition coefficient (Wildman–Crippen LogP) is 2.58. The van der Waals surface area contributed by atoms with Crippen molar-refractivity contribution < 1.29 is 0 Å². The third kappa shape index (κ3) is 3.37. The SMILES string of the molecule is Cc1cccc(Nc2[nH]nc3nc(N4CCC(C)(CN)CC4)n(C)c(=O)c23)c1C. The summed E-state index contributed by atoms with van der Waals surface area (Å²) in [7, 11) is 1.77. The van der Waals surface area contributed by atoms with Crippen LogP contribution in [0.4, 0.5) is 17.5 Å². The summed E-state index contributed by atoms with van der Waals surface area (Å²) in [4.78, 5) is 20.0. The minimum atomic E-state index is -0.112. The van der Waals surface area contributed by atoms with Gasteiger partial charge in [0.1, 0.15) is 11.2 Å². The number of fused-ring (bicyclic) bond motifs is 1. The molecule has 0 atom stereocenters. The number of nitrogens with one attached hydrogen (secondary N) is 2. The number of piperidine rings is 1. The molecule has 1 saturated heterocycles. The summed E-state index contributed by atoms with van der Waals surface area (Å²) in [6, 6.07) is 6.04. The third-order valence-electron chi connectivity index (χ3n) is 6.38. The molecule has 8 nitrogen and oxygen atoms in total. The minimum Gasteiger partial charge on any atom is -0.342 e. The van der Waals surface area contributed by atoms with Crippen molar-refractivity contribution in [2.24, 2.45) is 18.2 Å². The normalized spacial score (nSPS) is 16.4. The number of aromatic amines is 1. The highest BCUT2D eigenvalue weighted by molar-refractivity contribution is 5.89. The van der Waals surface area contributed by atoms with E-state index in [1.807, 2.05) is 12.1 Å². The molecule has 0 aliphatic carbocycles. The van der Waals surface area contributed by atoms with Crippen LogP contribution in [0.2, 0.25) is 0 Å². The maximum Gasteiger partial charge on any atom is 0.268 e. The number of anilines is 3. The van der Waals surface area contributed by atoms with Crippen LogP contribution < -0.4 is 21.5 Å². The van der Waals surface area contributed by atoms with Crippen molar-refractivity contribution in [2.45, 2.75) is 33.6 Å². The zero-order chi connectivity index (χ0) is 20.8. The number of hydrogen-bond donors (Lipinski definition) is 3. The molecule has 0 spiro atoms. The number of nitrogens with zero attached hydrogens (tertiary/aromatic N) is 4. The fourth-order valence-electron chi connectivity index (χ4n) is 3.89. The zero-order valence-corrected chi connectivity index (χ0v) is 17.5. The van der Waals surface area contributed by atoms with Crippen LogP contribution in [0.5, 0.6) is 0 Å². The smallest absolute Gasteiger partial charge is 0.268 e. The Balaban J connectivity index is 1.69. The molecule has 1 aliphatic heterocycles. The van der Waals surface area contributed by atoms with Crippen molar-refractivity contribution in [3.63, 3.8) is 0 Å². The number of aromatic nitrogens is 4. The number of rotatable bonds is 4. The van der Waals surface area contributed by atoms with Gasteiger partial charge in [0.2, 0.25) is 5.95 Å². The summed E-state index contributed by atoms with van der Waals surface area (Å²) in [5, 5.41) is 11.1. The van der Waals surface area contributed by atoms with Gasteiger partial charge >= 0.3 is 0 Å². The molecule has 3 heterocycles. The van der Waals surface area contributed by atoms with Crippen molar-refractivity contribution in [2.75, 3.05) is 29.9 Å². The molecule has 1 aromatic carbocycles. The largest absolute Gasteiger partial charge is 0.342 e. The van der Waals surface area contributed by atoms with Crippen molar-refractivity contribution in [3.8, 4) is 0 Å². The minimum absolute atomic E-state index is 0.112. The fourth-order valence-corrected chi connectivity index (χ4v) is 3.89. The second-order valence-corrected chi connectivity index (χ2v) is 8.45. The molecule has 3 aromatic rings. The van der Waals surface area contributed by atoms with Crippen LogP contribution in [0.3, 0.4) is 0 Å². The van der Waals surface area contributed by atoms with Gasteiger partial charge in [-0.05, 0) is 55.8 Å². The maximum absolute atomic E-state index is 13.2. The van der Waals surface area contributed by atoms with Crippen LogP contribution in [-0.2, 0) is 7.05 Å². The average molecular weight is 396 g/mol. The molecule has 1 fully saturated rings. The van der Waals surface area contributed by atoms with Gasteiger partial charge in [0.05, 0.1) is 0 Å². The Morgan fingerprint density at radius 1 is 1.28 bits per heavy atom. The van der Waals surface area contributed by atoms with Crippen LogP contribution in [0.1, 0.15) is 30.9 Å². The number of nitrogens with two attached hydrogens (primary N) is 1. The van der Waals surface area contributed by atoms with E-state index in [0.717, 1.165) is 37.2 Å². The van der Waals surface area contributed by atoms with E-state index in [9.17, 15) is 4.79 Å². The molecule has 0 amide bonds.